The second kappa shape index (κ2) is 5.99. The van der Waals surface area contributed by atoms with Crippen molar-refractivity contribution >= 4 is 5.91 Å². The van der Waals surface area contributed by atoms with Gasteiger partial charge in [-0.2, -0.15) is 0 Å². The molecule has 0 aliphatic heterocycles. The molecule has 0 atom stereocenters. The van der Waals surface area contributed by atoms with Gasteiger partial charge in [0.05, 0.1) is 7.11 Å². The highest BCUT2D eigenvalue weighted by Crippen LogP contribution is 2.40. The van der Waals surface area contributed by atoms with Crippen LogP contribution in [0.3, 0.4) is 0 Å². The lowest BCUT2D eigenvalue weighted by Crippen LogP contribution is -2.26. The quantitative estimate of drug-likeness (QED) is 0.886. The minimum absolute atomic E-state index is 0.194. The molecular formula is C16H18N2O3. The van der Waals surface area contributed by atoms with E-state index in [-0.39, 0.29) is 5.91 Å². The van der Waals surface area contributed by atoms with Gasteiger partial charge in [0.1, 0.15) is 11.5 Å². The minimum Gasteiger partial charge on any atom is -0.496 e. The molecular weight excluding hydrogens is 268 g/mol. The fourth-order valence-corrected chi connectivity index (χ4v) is 2.27. The highest BCUT2D eigenvalue weighted by molar-refractivity contribution is 5.92. The second-order valence-corrected chi connectivity index (χ2v) is 5.21. The standard InChI is InChI=1S/C16H18N2O3/c1-20-14-5-3-2-4-11(14)8-9-17-16(19)13-10-15(21-18-13)12-6-7-12/h2-5,10,12H,6-9H2,1H3,(H,17,19). The molecule has 0 bridgehead atoms. The Morgan fingerprint density at radius 2 is 2.24 bits per heavy atom. The lowest BCUT2D eigenvalue weighted by molar-refractivity contribution is 0.0945. The van der Waals surface area contributed by atoms with Crippen molar-refractivity contribution in [3.8, 4) is 5.75 Å². The predicted octanol–water partition coefficient (Wildman–Crippen LogP) is 2.53. The van der Waals surface area contributed by atoms with Crippen molar-refractivity contribution in [1.29, 1.82) is 0 Å². The van der Waals surface area contributed by atoms with E-state index in [1.54, 1.807) is 13.2 Å². The van der Waals surface area contributed by atoms with Crippen molar-refractivity contribution in [2.75, 3.05) is 13.7 Å². The van der Waals surface area contributed by atoms with Crippen LogP contribution in [0.15, 0.2) is 34.9 Å². The number of nitrogens with one attached hydrogen (secondary N) is 1. The first-order chi connectivity index (χ1) is 10.3. The SMILES string of the molecule is COc1ccccc1CCNC(=O)c1cc(C2CC2)on1. The van der Waals surface area contributed by atoms with E-state index < -0.39 is 0 Å². The summed E-state index contributed by atoms with van der Waals surface area (Å²) in [7, 11) is 1.65. The van der Waals surface area contributed by atoms with Gasteiger partial charge in [-0.15, -0.1) is 0 Å². The van der Waals surface area contributed by atoms with Crippen LogP contribution in [0.25, 0.3) is 0 Å². The van der Waals surface area contributed by atoms with Crippen LogP contribution in [0.4, 0.5) is 0 Å². The zero-order valence-corrected chi connectivity index (χ0v) is 12.0. The first kappa shape index (κ1) is 13.7. The third-order valence-electron chi connectivity index (χ3n) is 3.61. The Morgan fingerprint density at radius 3 is 3.00 bits per heavy atom. The number of carbonyl (C=O) groups is 1. The van der Waals surface area contributed by atoms with E-state index in [0.717, 1.165) is 29.9 Å². The van der Waals surface area contributed by atoms with Gasteiger partial charge in [-0.25, -0.2) is 0 Å². The number of methoxy groups -OCH3 is 1. The smallest absolute Gasteiger partial charge is 0.273 e. The summed E-state index contributed by atoms with van der Waals surface area (Å²) in [5.74, 6) is 1.93. The van der Waals surface area contributed by atoms with Gasteiger partial charge in [-0.05, 0) is 30.9 Å². The maximum absolute atomic E-state index is 12.0. The number of nitrogens with zero attached hydrogens (tertiary/aromatic N) is 1. The van der Waals surface area contributed by atoms with Crippen LogP contribution in [0.1, 0.15) is 40.6 Å². The summed E-state index contributed by atoms with van der Waals surface area (Å²) < 4.78 is 10.5. The topological polar surface area (TPSA) is 64.4 Å². The van der Waals surface area contributed by atoms with Crippen LogP contribution in [-0.4, -0.2) is 24.7 Å². The summed E-state index contributed by atoms with van der Waals surface area (Å²) in [6.45, 7) is 0.533. The molecule has 0 saturated heterocycles. The lowest BCUT2D eigenvalue weighted by atomic mass is 10.1. The molecule has 1 aromatic heterocycles. The zero-order valence-electron chi connectivity index (χ0n) is 12.0. The van der Waals surface area contributed by atoms with Gasteiger partial charge in [-0.1, -0.05) is 23.4 Å². The van der Waals surface area contributed by atoms with E-state index in [9.17, 15) is 4.79 Å². The molecule has 3 rings (SSSR count). The number of para-hydroxylation sites is 1. The molecule has 1 amide bonds. The number of ether oxygens (including phenoxy) is 1. The Kier molecular flexibility index (Phi) is 3.90. The second-order valence-electron chi connectivity index (χ2n) is 5.21. The molecule has 5 heteroatoms. The van der Waals surface area contributed by atoms with Gasteiger partial charge in [0, 0.05) is 18.5 Å². The number of hydrogen-bond donors (Lipinski definition) is 1. The number of aromatic nitrogens is 1. The number of rotatable bonds is 6. The lowest BCUT2D eigenvalue weighted by Gasteiger charge is -2.08. The maximum Gasteiger partial charge on any atom is 0.273 e. The summed E-state index contributed by atoms with van der Waals surface area (Å²) in [6, 6.07) is 9.54. The van der Waals surface area contributed by atoms with E-state index in [4.69, 9.17) is 9.26 Å². The van der Waals surface area contributed by atoms with E-state index in [1.807, 2.05) is 24.3 Å². The van der Waals surface area contributed by atoms with Crippen molar-refractivity contribution in [2.45, 2.75) is 25.2 Å². The van der Waals surface area contributed by atoms with Crippen LogP contribution in [0.5, 0.6) is 5.75 Å². The van der Waals surface area contributed by atoms with Crippen LogP contribution in [-0.2, 0) is 6.42 Å². The van der Waals surface area contributed by atoms with Gasteiger partial charge in [-0.3, -0.25) is 4.79 Å². The van der Waals surface area contributed by atoms with E-state index in [1.165, 1.54) is 0 Å². The van der Waals surface area contributed by atoms with Gasteiger partial charge in [0.2, 0.25) is 0 Å². The molecule has 5 nitrogen and oxygen atoms in total. The number of carbonyl (C=O) groups excluding carboxylic acids is 1. The third kappa shape index (κ3) is 3.24. The molecule has 1 aliphatic carbocycles. The van der Waals surface area contributed by atoms with Crippen molar-refractivity contribution in [3.63, 3.8) is 0 Å². The molecule has 0 spiro atoms. The third-order valence-corrected chi connectivity index (χ3v) is 3.61. The molecule has 1 aliphatic rings. The van der Waals surface area contributed by atoms with Crippen molar-refractivity contribution in [3.05, 3.63) is 47.3 Å². The van der Waals surface area contributed by atoms with E-state index in [2.05, 4.69) is 10.5 Å². The highest BCUT2D eigenvalue weighted by Gasteiger charge is 2.28. The fraction of sp³-hybridized carbons (Fsp3) is 0.375. The Morgan fingerprint density at radius 1 is 1.43 bits per heavy atom. The molecule has 0 radical (unpaired) electrons. The minimum atomic E-state index is -0.194. The molecule has 1 aromatic carbocycles. The zero-order chi connectivity index (χ0) is 14.7. The van der Waals surface area contributed by atoms with Crippen molar-refractivity contribution in [1.82, 2.24) is 10.5 Å². The summed E-state index contributed by atoms with van der Waals surface area (Å²) in [4.78, 5) is 12.0. The number of hydrogen-bond acceptors (Lipinski definition) is 4. The molecule has 110 valence electrons. The molecule has 1 saturated carbocycles. The first-order valence-corrected chi connectivity index (χ1v) is 7.14. The molecule has 2 aromatic rings. The summed E-state index contributed by atoms with van der Waals surface area (Å²) in [6.07, 6.45) is 2.97. The Balaban J connectivity index is 1.53. The Hall–Kier alpha value is -2.30. The highest BCUT2D eigenvalue weighted by atomic mass is 16.5. The average molecular weight is 286 g/mol. The Bertz CT molecular complexity index is 632. The number of amides is 1. The van der Waals surface area contributed by atoms with Gasteiger partial charge < -0.3 is 14.6 Å². The van der Waals surface area contributed by atoms with Crippen molar-refractivity contribution < 1.29 is 14.1 Å². The van der Waals surface area contributed by atoms with E-state index >= 15 is 0 Å². The van der Waals surface area contributed by atoms with Crippen LogP contribution in [0.2, 0.25) is 0 Å². The maximum atomic E-state index is 12.0. The fourth-order valence-electron chi connectivity index (χ4n) is 2.27. The van der Waals surface area contributed by atoms with Crippen molar-refractivity contribution in [2.24, 2.45) is 0 Å². The summed E-state index contributed by atoms with van der Waals surface area (Å²) in [5, 5.41) is 6.68. The molecule has 1 heterocycles. The monoisotopic (exact) mass is 286 g/mol. The molecule has 1 N–H and O–H groups in total. The van der Waals surface area contributed by atoms with Crippen LogP contribution >= 0.6 is 0 Å². The van der Waals surface area contributed by atoms with Gasteiger partial charge >= 0.3 is 0 Å². The van der Waals surface area contributed by atoms with Gasteiger partial charge in [0.15, 0.2) is 5.69 Å². The Labute approximate surface area is 123 Å². The largest absolute Gasteiger partial charge is 0.496 e. The van der Waals surface area contributed by atoms with Gasteiger partial charge in [0.25, 0.3) is 5.91 Å². The van der Waals surface area contributed by atoms with E-state index in [0.29, 0.717) is 24.6 Å². The normalized spacial score (nSPS) is 14.0. The molecule has 1 fully saturated rings. The average Bonchev–Trinajstić information content (AvgIpc) is 3.25. The van der Waals surface area contributed by atoms with Crippen LogP contribution in [0, 0.1) is 0 Å². The molecule has 0 unspecified atom stereocenters. The first-order valence-electron chi connectivity index (χ1n) is 7.14. The summed E-state index contributed by atoms with van der Waals surface area (Å²) >= 11 is 0. The summed E-state index contributed by atoms with van der Waals surface area (Å²) in [5.41, 5.74) is 1.43. The van der Waals surface area contributed by atoms with Crippen LogP contribution < -0.4 is 10.1 Å². The molecule has 21 heavy (non-hydrogen) atoms. The predicted molar refractivity (Wildman–Crippen MR) is 77.5 cm³/mol. The number of benzene rings is 1.